The van der Waals surface area contributed by atoms with Gasteiger partial charge in [-0.3, -0.25) is 0 Å². The highest BCUT2D eigenvalue weighted by atomic mass is 16.5. The molecule has 0 bridgehead atoms. The number of nitrogens with zero attached hydrogens (tertiary/aromatic N) is 1. The number of urea groups is 1. The minimum atomic E-state index is -0.638. The van der Waals surface area contributed by atoms with E-state index in [-0.39, 0.29) is 18.2 Å². The Morgan fingerprint density at radius 3 is 2.35 bits per heavy atom. The molecule has 98 valence electrons. The fraction of sp³-hybridized carbons (Fsp3) is 0.818. The molecule has 1 aliphatic rings. The number of methoxy groups -OCH3 is 1. The number of rotatable bonds is 2. The first-order valence-corrected chi connectivity index (χ1v) is 5.72. The fourth-order valence-electron chi connectivity index (χ4n) is 1.86. The van der Waals surface area contributed by atoms with Crippen molar-refractivity contribution >= 4 is 12.0 Å². The summed E-state index contributed by atoms with van der Waals surface area (Å²) in [6, 6.07) is -0.897. The largest absolute Gasteiger partial charge is 0.467 e. The molecule has 1 fully saturated rings. The molecule has 0 unspecified atom stereocenters. The van der Waals surface area contributed by atoms with Crippen molar-refractivity contribution in [1.29, 1.82) is 0 Å². The van der Waals surface area contributed by atoms with Crippen molar-refractivity contribution in [3.05, 3.63) is 0 Å². The zero-order valence-electron chi connectivity index (χ0n) is 10.7. The smallest absolute Gasteiger partial charge is 0.328 e. The van der Waals surface area contributed by atoms with Gasteiger partial charge < -0.3 is 19.7 Å². The van der Waals surface area contributed by atoms with Crippen LogP contribution in [0.25, 0.3) is 0 Å². The van der Waals surface area contributed by atoms with Crippen LogP contribution in [0.5, 0.6) is 0 Å². The number of amides is 2. The first-order valence-electron chi connectivity index (χ1n) is 5.72. The molecule has 2 amide bonds. The predicted octanol–water partition coefficient (Wildman–Crippen LogP) is 0.367. The van der Waals surface area contributed by atoms with Crippen molar-refractivity contribution in [2.24, 2.45) is 0 Å². The molecule has 3 atom stereocenters. The van der Waals surface area contributed by atoms with Gasteiger partial charge in [-0.2, -0.15) is 0 Å². The van der Waals surface area contributed by atoms with Crippen LogP contribution < -0.4 is 5.32 Å². The van der Waals surface area contributed by atoms with Crippen molar-refractivity contribution in [2.45, 2.75) is 39.0 Å². The second kappa shape index (κ2) is 5.86. The number of esters is 1. The molecule has 0 aromatic rings. The highest BCUT2D eigenvalue weighted by Crippen LogP contribution is 2.10. The summed E-state index contributed by atoms with van der Waals surface area (Å²) in [5.74, 6) is -0.451. The summed E-state index contributed by atoms with van der Waals surface area (Å²) in [7, 11) is 1.30. The minimum absolute atomic E-state index is 0.0120. The topological polar surface area (TPSA) is 67.9 Å². The summed E-state index contributed by atoms with van der Waals surface area (Å²) >= 11 is 0. The van der Waals surface area contributed by atoms with Gasteiger partial charge in [0.15, 0.2) is 0 Å². The van der Waals surface area contributed by atoms with Crippen LogP contribution >= 0.6 is 0 Å². The van der Waals surface area contributed by atoms with Crippen LogP contribution in [-0.2, 0) is 14.3 Å². The summed E-state index contributed by atoms with van der Waals surface area (Å²) in [5.41, 5.74) is 0. The van der Waals surface area contributed by atoms with Crippen molar-refractivity contribution in [3.63, 3.8) is 0 Å². The lowest BCUT2D eigenvalue weighted by Gasteiger charge is -2.35. The van der Waals surface area contributed by atoms with E-state index in [9.17, 15) is 9.59 Å². The van der Waals surface area contributed by atoms with Crippen LogP contribution in [0.15, 0.2) is 0 Å². The van der Waals surface area contributed by atoms with Gasteiger partial charge in [0.2, 0.25) is 0 Å². The molecule has 0 spiro atoms. The number of hydrogen-bond donors (Lipinski definition) is 1. The molecule has 17 heavy (non-hydrogen) atoms. The molecule has 1 N–H and O–H groups in total. The Balaban J connectivity index is 2.49. The normalized spacial score (nSPS) is 26.2. The second-order valence-corrected chi connectivity index (χ2v) is 4.36. The Kier molecular flexibility index (Phi) is 4.74. The lowest BCUT2D eigenvalue weighted by molar-refractivity contribution is -0.142. The predicted molar refractivity (Wildman–Crippen MR) is 61.6 cm³/mol. The van der Waals surface area contributed by atoms with Gasteiger partial charge in [-0.15, -0.1) is 0 Å². The molecule has 0 saturated carbocycles. The Bertz CT molecular complexity index is 285. The van der Waals surface area contributed by atoms with Gasteiger partial charge in [0, 0.05) is 13.1 Å². The number of hydrogen-bond acceptors (Lipinski definition) is 4. The third-order valence-electron chi connectivity index (χ3n) is 2.60. The SMILES string of the molecule is COC(=O)[C@H](C)NC(=O)N1C[C@@H](C)O[C@H](C)C1. The maximum Gasteiger partial charge on any atom is 0.328 e. The van der Waals surface area contributed by atoms with Crippen molar-refractivity contribution in [3.8, 4) is 0 Å². The van der Waals surface area contributed by atoms with Gasteiger partial charge >= 0.3 is 12.0 Å². The Labute approximate surface area is 101 Å². The summed E-state index contributed by atoms with van der Waals surface area (Å²) < 4.78 is 10.1. The average molecular weight is 244 g/mol. The molecule has 1 saturated heterocycles. The lowest BCUT2D eigenvalue weighted by Crippen LogP contribution is -2.54. The van der Waals surface area contributed by atoms with Gasteiger partial charge in [0.25, 0.3) is 0 Å². The van der Waals surface area contributed by atoms with Gasteiger partial charge in [-0.25, -0.2) is 9.59 Å². The standard InChI is InChI=1S/C11H20N2O4/c1-7-5-13(6-8(2)17-7)11(15)12-9(3)10(14)16-4/h7-9H,5-6H2,1-4H3,(H,12,15)/t7-,8-,9+/m1/s1. The van der Waals surface area contributed by atoms with Crippen LogP contribution in [0.4, 0.5) is 4.79 Å². The average Bonchev–Trinajstić information content (AvgIpc) is 2.26. The Morgan fingerprint density at radius 2 is 1.88 bits per heavy atom. The Hall–Kier alpha value is -1.30. The Morgan fingerprint density at radius 1 is 1.35 bits per heavy atom. The van der Waals surface area contributed by atoms with E-state index < -0.39 is 12.0 Å². The fourth-order valence-corrected chi connectivity index (χ4v) is 1.86. The maximum absolute atomic E-state index is 11.9. The number of carbonyl (C=O) groups is 2. The zero-order chi connectivity index (χ0) is 13.0. The van der Waals surface area contributed by atoms with Gasteiger partial charge in [0.05, 0.1) is 19.3 Å². The van der Waals surface area contributed by atoms with Crippen LogP contribution in [0, 0.1) is 0 Å². The summed E-state index contributed by atoms with van der Waals surface area (Å²) in [4.78, 5) is 24.7. The molecule has 6 nitrogen and oxygen atoms in total. The third-order valence-corrected chi connectivity index (χ3v) is 2.60. The first-order chi connectivity index (χ1) is 7.93. The number of morpholine rings is 1. The molecule has 0 radical (unpaired) electrons. The van der Waals surface area contributed by atoms with Crippen LogP contribution in [0.2, 0.25) is 0 Å². The van der Waals surface area contributed by atoms with Crippen LogP contribution in [0.3, 0.4) is 0 Å². The zero-order valence-corrected chi connectivity index (χ0v) is 10.7. The van der Waals surface area contributed by atoms with E-state index in [0.717, 1.165) is 0 Å². The van der Waals surface area contributed by atoms with E-state index in [1.165, 1.54) is 7.11 Å². The van der Waals surface area contributed by atoms with E-state index in [0.29, 0.717) is 13.1 Å². The van der Waals surface area contributed by atoms with Crippen molar-refractivity contribution in [2.75, 3.05) is 20.2 Å². The number of ether oxygens (including phenoxy) is 2. The molecule has 6 heteroatoms. The van der Waals surface area contributed by atoms with E-state index in [1.54, 1.807) is 11.8 Å². The molecule has 0 aromatic carbocycles. The maximum atomic E-state index is 11.9. The minimum Gasteiger partial charge on any atom is -0.467 e. The summed E-state index contributed by atoms with van der Waals surface area (Å²) in [5, 5.41) is 2.60. The quantitative estimate of drug-likeness (QED) is 0.712. The molecular weight excluding hydrogens is 224 g/mol. The van der Waals surface area contributed by atoms with E-state index in [2.05, 4.69) is 10.1 Å². The molecule has 0 aromatic heterocycles. The molecular formula is C11H20N2O4. The van der Waals surface area contributed by atoms with E-state index in [4.69, 9.17) is 4.74 Å². The van der Waals surface area contributed by atoms with Crippen LogP contribution in [0.1, 0.15) is 20.8 Å². The highest BCUT2D eigenvalue weighted by Gasteiger charge is 2.27. The summed E-state index contributed by atoms with van der Waals surface area (Å²) in [6.45, 7) is 6.49. The van der Waals surface area contributed by atoms with Crippen molar-refractivity contribution < 1.29 is 19.1 Å². The summed E-state index contributed by atoms with van der Waals surface area (Å²) in [6.07, 6.45) is 0.0239. The number of carbonyl (C=O) groups excluding carboxylic acids is 2. The first kappa shape index (κ1) is 13.8. The van der Waals surface area contributed by atoms with E-state index >= 15 is 0 Å². The molecule has 1 heterocycles. The highest BCUT2D eigenvalue weighted by molar-refractivity contribution is 5.83. The van der Waals surface area contributed by atoms with Gasteiger partial charge in [-0.05, 0) is 20.8 Å². The third kappa shape index (κ3) is 3.89. The van der Waals surface area contributed by atoms with Gasteiger partial charge in [-0.1, -0.05) is 0 Å². The van der Waals surface area contributed by atoms with Gasteiger partial charge in [0.1, 0.15) is 6.04 Å². The monoisotopic (exact) mass is 244 g/mol. The molecule has 1 aliphatic heterocycles. The number of nitrogens with one attached hydrogen (secondary N) is 1. The van der Waals surface area contributed by atoms with E-state index in [1.807, 2.05) is 13.8 Å². The lowest BCUT2D eigenvalue weighted by atomic mass is 10.2. The molecule has 1 rings (SSSR count). The molecule has 0 aliphatic carbocycles. The van der Waals surface area contributed by atoms with Crippen molar-refractivity contribution in [1.82, 2.24) is 10.2 Å². The van der Waals surface area contributed by atoms with Crippen LogP contribution in [-0.4, -0.2) is 55.3 Å². The second-order valence-electron chi connectivity index (χ2n) is 4.36.